The molecule has 0 bridgehead atoms. The van der Waals surface area contributed by atoms with Crippen molar-refractivity contribution < 1.29 is 9.90 Å². The summed E-state index contributed by atoms with van der Waals surface area (Å²) in [6.45, 7) is 0.566. The Bertz CT molecular complexity index is 679. The molecule has 1 heterocycles. The number of fused-ring (bicyclic) bond motifs is 1. The summed E-state index contributed by atoms with van der Waals surface area (Å²) in [6.07, 6.45) is 4.98. The zero-order valence-electron chi connectivity index (χ0n) is 11.7. The average Bonchev–Trinajstić information content (AvgIpc) is 2.63. The molecule has 2 aromatic rings. The largest absolute Gasteiger partial charge is 0.476 e. The molecular formula is C16H17ClN2O2. The van der Waals surface area contributed by atoms with Gasteiger partial charge < -0.3 is 5.11 Å². The minimum atomic E-state index is -0.932. The van der Waals surface area contributed by atoms with Crippen molar-refractivity contribution in [2.24, 2.45) is 0 Å². The van der Waals surface area contributed by atoms with Gasteiger partial charge in [0.1, 0.15) is 0 Å². The highest BCUT2D eigenvalue weighted by Crippen LogP contribution is 2.25. The fraction of sp³-hybridized carbons (Fsp3) is 0.375. The second kappa shape index (κ2) is 5.90. The summed E-state index contributed by atoms with van der Waals surface area (Å²) in [5.41, 5.74) is 3.25. The van der Waals surface area contributed by atoms with E-state index in [0.29, 0.717) is 11.6 Å². The Morgan fingerprint density at radius 3 is 2.86 bits per heavy atom. The fourth-order valence-electron chi connectivity index (χ4n) is 2.96. The monoisotopic (exact) mass is 304 g/mol. The molecule has 3 rings (SSSR count). The van der Waals surface area contributed by atoms with E-state index >= 15 is 0 Å². The topological polar surface area (TPSA) is 55.1 Å². The summed E-state index contributed by atoms with van der Waals surface area (Å²) in [4.78, 5) is 11.4. The summed E-state index contributed by atoms with van der Waals surface area (Å²) < 4.78 is 1.84. The SMILES string of the molecule is O=C(O)c1nn(Cc2cccc(Cl)c2)c2c1CCCCC2. The Kier molecular flexibility index (Phi) is 3.97. The van der Waals surface area contributed by atoms with Gasteiger partial charge in [-0.05, 0) is 43.4 Å². The number of aromatic carboxylic acids is 1. The zero-order chi connectivity index (χ0) is 14.8. The molecule has 1 aliphatic carbocycles. The Morgan fingerprint density at radius 1 is 1.29 bits per heavy atom. The maximum absolute atomic E-state index is 11.4. The van der Waals surface area contributed by atoms with Gasteiger partial charge >= 0.3 is 5.97 Å². The smallest absolute Gasteiger partial charge is 0.356 e. The van der Waals surface area contributed by atoms with Crippen LogP contribution in [0.1, 0.15) is 46.6 Å². The van der Waals surface area contributed by atoms with Gasteiger partial charge in [0, 0.05) is 16.3 Å². The lowest BCUT2D eigenvalue weighted by Gasteiger charge is -2.08. The Labute approximate surface area is 128 Å². The summed E-state index contributed by atoms with van der Waals surface area (Å²) >= 11 is 6.01. The zero-order valence-corrected chi connectivity index (χ0v) is 12.4. The van der Waals surface area contributed by atoms with Crippen molar-refractivity contribution >= 4 is 17.6 Å². The van der Waals surface area contributed by atoms with Crippen LogP contribution in [0.2, 0.25) is 5.02 Å². The van der Waals surface area contributed by atoms with Crippen LogP contribution in [-0.4, -0.2) is 20.9 Å². The lowest BCUT2D eigenvalue weighted by molar-refractivity contribution is 0.0688. The number of carboxylic acid groups (broad SMARTS) is 1. The molecular weight excluding hydrogens is 288 g/mol. The number of halogens is 1. The molecule has 1 aromatic heterocycles. The average molecular weight is 305 g/mol. The molecule has 0 unspecified atom stereocenters. The van der Waals surface area contributed by atoms with Crippen molar-refractivity contribution in [3.63, 3.8) is 0 Å². The first-order chi connectivity index (χ1) is 10.1. The number of carboxylic acids is 1. The maximum Gasteiger partial charge on any atom is 0.356 e. The number of carbonyl (C=O) groups is 1. The summed E-state index contributed by atoms with van der Waals surface area (Å²) in [7, 11) is 0. The first-order valence-electron chi connectivity index (χ1n) is 7.21. The van der Waals surface area contributed by atoms with Gasteiger partial charge in [-0.25, -0.2) is 4.79 Å². The van der Waals surface area contributed by atoms with E-state index in [1.165, 1.54) is 0 Å². The first-order valence-corrected chi connectivity index (χ1v) is 7.59. The van der Waals surface area contributed by atoms with E-state index in [9.17, 15) is 9.90 Å². The van der Waals surface area contributed by atoms with Crippen LogP contribution in [0.3, 0.4) is 0 Å². The Balaban J connectivity index is 2.00. The van der Waals surface area contributed by atoms with Gasteiger partial charge in [0.15, 0.2) is 5.69 Å². The van der Waals surface area contributed by atoms with Crippen LogP contribution < -0.4 is 0 Å². The van der Waals surface area contributed by atoms with Gasteiger partial charge in [0.05, 0.1) is 6.54 Å². The van der Waals surface area contributed by atoms with Gasteiger partial charge in [-0.2, -0.15) is 5.10 Å². The van der Waals surface area contributed by atoms with Crippen LogP contribution in [0.25, 0.3) is 0 Å². The molecule has 5 heteroatoms. The summed E-state index contributed by atoms with van der Waals surface area (Å²) in [6, 6.07) is 7.61. The molecule has 0 radical (unpaired) electrons. The molecule has 1 aliphatic rings. The predicted octanol–water partition coefficient (Wildman–Crippen LogP) is 3.55. The second-order valence-corrected chi connectivity index (χ2v) is 5.86. The van der Waals surface area contributed by atoms with Gasteiger partial charge in [-0.1, -0.05) is 30.2 Å². The Hall–Kier alpha value is -1.81. The van der Waals surface area contributed by atoms with Gasteiger partial charge in [-0.15, -0.1) is 0 Å². The number of hydrogen-bond donors (Lipinski definition) is 1. The number of rotatable bonds is 3. The van der Waals surface area contributed by atoms with Gasteiger partial charge in [0.2, 0.25) is 0 Å². The van der Waals surface area contributed by atoms with Crippen LogP contribution in [-0.2, 0) is 19.4 Å². The van der Waals surface area contributed by atoms with Crippen molar-refractivity contribution in [2.75, 3.05) is 0 Å². The lowest BCUT2D eigenvalue weighted by Crippen LogP contribution is -2.07. The van der Waals surface area contributed by atoms with Crippen LogP contribution in [0.5, 0.6) is 0 Å². The van der Waals surface area contributed by atoms with E-state index in [1.54, 1.807) is 0 Å². The predicted molar refractivity (Wildman–Crippen MR) is 81.0 cm³/mol. The van der Waals surface area contributed by atoms with Gasteiger partial charge in [-0.3, -0.25) is 4.68 Å². The minimum absolute atomic E-state index is 0.217. The first kappa shape index (κ1) is 14.1. The molecule has 1 N–H and O–H groups in total. The number of benzene rings is 1. The summed E-state index contributed by atoms with van der Waals surface area (Å²) in [5.74, 6) is -0.932. The lowest BCUT2D eigenvalue weighted by atomic mass is 10.1. The van der Waals surface area contributed by atoms with E-state index < -0.39 is 5.97 Å². The van der Waals surface area contributed by atoms with E-state index in [2.05, 4.69) is 5.10 Å². The molecule has 0 saturated carbocycles. The third-order valence-electron chi connectivity index (χ3n) is 3.93. The van der Waals surface area contributed by atoms with E-state index in [4.69, 9.17) is 11.6 Å². The van der Waals surface area contributed by atoms with E-state index in [0.717, 1.165) is 48.9 Å². The third-order valence-corrected chi connectivity index (χ3v) is 4.17. The quantitative estimate of drug-likeness (QED) is 0.882. The number of nitrogens with zero attached hydrogens (tertiary/aromatic N) is 2. The number of aromatic nitrogens is 2. The van der Waals surface area contributed by atoms with Crippen molar-refractivity contribution in [1.82, 2.24) is 9.78 Å². The van der Waals surface area contributed by atoms with Crippen molar-refractivity contribution in [2.45, 2.75) is 38.6 Å². The molecule has 0 fully saturated rings. The fourth-order valence-corrected chi connectivity index (χ4v) is 3.17. The molecule has 0 saturated heterocycles. The molecule has 21 heavy (non-hydrogen) atoms. The molecule has 1 aromatic carbocycles. The molecule has 0 aliphatic heterocycles. The Morgan fingerprint density at radius 2 is 2.10 bits per heavy atom. The molecule has 0 atom stereocenters. The highest BCUT2D eigenvalue weighted by atomic mass is 35.5. The van der Waals surface area contributed by atoms with E-state index in [1.807, 2.05) is 28.9 Å². The minimum Gasteiger partial charge on any atom is -0.476 e. The summed E-state index contributed by atoms with van der Waals surface area (Å²) in [5, 5.41) is 14.4. The van der Waals surface area contributed by atoms with Crippen LogP contribution in [0.15, 0.2) is 24.3 Å². The highest BCUT2D eigenvalue weighted by molar-refractivity contribution is 6.30. The third kappa shape index (κ3) is 2.95. The molecule has 0 amide bonds. The second-order valence-electron chi connectivity index (χ2n) is 5.43. The molecule has 110 valence electrons. The van der Waals surface area contributed by atoms with Crippen LogP contribution >= 0.6 is 11.6 Å². The van der Waals surface area contributed by atoms with Crippen molar-refractivity contribution in [3.8, 4) is 0 Å². The standard InChI is InChI=1S/C16H17ClN2O2/c17-12-6-4-5-11(9-12)10-19-14-8-3-1-2-7-13(14)15(18-19)16(20)21/h4-6,9H,1-3,7-8,10H2,(H,20,21). The van der Waals surface area contributed by atoms with Gasteiger partial charge in [0.25, 0.3) is 0 Å². The number of hydrogen-bond acceptors (Lipinski definition) is 2. The van der Waals surface area contributed by atoms with Crippen molar-refractivity contribution in [1.29, 1.82) is 0 Å². The maximum atomic E-state index is 11.4. The normalized spacial score (nSPS) is 14.5. The van der Waals surface area contributed by atoms with Crippen molar-refractivity contribution in [3.05, 3.63) is 51.8 Å². The van der Waals surface area contributed by atoms with E-state index in [-0.39, 0.29) is 5.69 Å². The molecule has 0 spiro atoms. The van der Waals surface area contributed by atoms with Crippen LogP contribution in [0, 0.1) is 0 Å². The molecule has 4 nitrogen and oxygen atoms in total. The highest BCUT2D eigenvalue weighted by Gasteiger charge is 2.23. The van der Waals surface area contributed by atoms with Crippen LogP contribution in [0.4, 0.5) is 0 Å².